The highest BCUT2D eigenvalue weighted by Gasteiger charge is 2.26. The van der Waals surface area contributed by atoms with Crippen LogP contribution in [0.2, 0.25) is 0 Å². The first-order valence-electron chi connectivity index (χ1n) is 9.83. The fraction of sp³-hybridized carbons (Fsp3) is 0.409. The summed E-state index contributed by atoms with van der Waals surface area (Å²) in [6.07, 6.45) is 1.67. The number of β-amino-alcohol motifs (C(OH)–C–C–N with tert-alkyl or cyclic N) is 1. The fourth-order valence-corrected chi connectivity index (χ4v) is 3.86. The van der Waals surface area contributed by atoms with Gasteiger partial charge in [0.2, 0.25) is 0 Å². The van der Waals surface area contributed by atoms with Crippen molar-refractivity contribution in [1.82, 2.24) is 10.1 Å². The molecule has 7 heteroatoms. The van der Waals surface area contributed by atoms with Gasteiger partial charge in [-0.1, -0.05) is 5.16 Å². The Kier molecular flexibility index (Phi) is 6.08. The summed E-state index contributed by atoms with van der Waals surface area (Å²) in [6.45, 7) is 2.48. The lowest BCUT2D eigenvalue weighted by atomic mass is 10.1. The summed E-state index contributed by atoms with van der Waals surface area (Å²) in [5, 5.41) is 15.2. The Morgan fingerprint density at radius 2 is 2.10 bits per heavy atom. The highest BCUT2D eigenvalue weighted by Crippen LogP contribution is 2.29. The molecule has 4 rings (SSSR count). The van der Waals surface area contributed by atoms with Crippen LogP contribution in [0.4, 0.5) is 4.39 Å². The van der Waals surface area contributed by atoms with Gasteiger partial charge in [0.25, 0.3) is 0 Å². The number of methoxy groups -OCH3 is 1. The number of aliphatic hydroxyl groups excluding tert-OH is 1. The van der Waals surface area contributed by atoms with Crippen LogP contribution in [0.5, 0.6) is 5.75 Å². The molecule has 6 nitrogen and oxygen atoms in total. The second-order valence-corrected chi connectivity index (χ2v) is 7.41. The molecular formula is C22H25FN2O4. The van der Waals surface area contributed by atoms with Crippen molar-refractivity contribution in [3.05, 3.63) is 48.3 Å². The zero-order valence-corrected chi connectivity index (χ0v) is 16.4. The molecule has 1 saturated heterocycles. The van der Waals surface area contributed by atoms with Gasteiger partial charge in [0, 0.05) is 36.7 Å². The molecule has 1 aromatic heterocycles. The van der Waals surface area contributed by atoms with E-state index in [4.69, 9.17) is 14.0 Å². The Bertz CT molecular complexity index is 944. The number of fused-ring (bicyclic) bond motifs is 1. The summed E-state index contributed by atoms with van der Waals surface area (Å²) in [5.74, 6) is 0.312. The molecule has 29 heavy (non-hydrogen) atoms. The first-order chi connectivity index (χ1) is 14.1. The SMILES string of the molecule is COC[C@@H]1CCCN1C[C@@H](O)COc1ccc(-c2noc3cc(F)ccc23)cc1. The second-order valence-electron chi connectivity index (χ2n) is 7.41. The lowest BCUT2D eigenvalue weighted by Gasteiger charge is -2.26. The van der Waals surface area contributed by atoms with E-state index < -0.39 is 6.10 Å². The number of rotatable bonds is 8. The van der Waals surface area contributed by atoms with Gasteiger partial charge in [-0.15, -0.1) is 0 Å². The van der Waals surface area contributed by atoms with Gasteiger partial charge in [0.1, 0.15) is 30.0 Å². The van der Waals surface area contributed by atoms with Gasteiger partial charge in [-0.2, -0.15) is 0 Å². The summed E-state index contributed by atoms with van der Waals surface area (Å²) >= 11 is 0. The van der Waals surface area contributed by atoms with Crippen LogP contribution in [0.25, 0.3) is 22.2 Å². The molecular weight excluding hydrogens is 375 g/mol. The van der Waals surface area contributed by atoms with Crippen LogP contribution in [0, 0.1) is 5.82 Å². The minimum absolute atomic E-state index is 0.224. The van der Waals surface area contributed by atoms with Crippen LogP contribution in [0.1, 0.15) is 12.8 Å². The quantitative estimate of drug-likeness (QED) is 0.624. The standard InChI is InChI=1S/C22H25FN2O4/c1-27-13-17-3-2-10-25(17)12-18(26)14-28-19-7-4-15(5-8-19)22-20-9-6-16(23)11-21(20)29-24-22/h4-9,11,17-18,26H,2-3,10,12-14H2,1H3/t17-,18+/m0/s1. The predicted molar refractivity (Wildman–Crippen MR) is 107 cm³/mol. The maximum atomic E-state index is 13.3. The molecule has 0 saturated carbocycles. The third kappa shape index (κ3) is 4.58. The van der Waals surface area contributed by atoms with Crippen molar-refractivity contribution in [1.29, 1.82) is 0 Å². The zero-order valence-electron chi connectivity index (χ0n) is 16.4. The van der Waals surface area contributed by atoms with Gasteiger partial charge in [-0.3, -0.25) is 4.90 Å². The van der Waals surface area contributed by atoms with Gasteiger partial charge in [-0.05, 0) is 55.8 Å². The van der Waals surface area contributed by atoms with Crippen LogP contribution in [0.15, 0.2) is 47.0 Å². The number of halogens is 1. The molecule has 1 aliphatic heterocycles. The monoisotopic (exact) mass is 400 g/mol. The first-order valence-corrected chi connectivity index (χ1v) is 9.83. The normalized spacial score (nSPS) is 18.4. The van der Waals surface area contributed by atoms with Crippen molar-refractivity contribution in [3.8, 4) is 17.0 Å². The second kappa shape index (κ2) is 8.90. The Labute approximate surface area is 168 Å². The molecule has 0 amide bonds. The molecule has 0 aliphatic carbocycles. The van der Waals surface area contributed by atoms with E-state index >= 15 is 0 Å². The Morgan fingerprint density at radius 1 is 1.28 bits per heavy atom. The van der Waals surface area contributed by atoms with Crippen LogP contribution >= 0.6 is 0 Å². The minimum Gasteiger partial charge on any atom is -0.491 e. The first kappa shape index (κ1) is 19.8. The molecule has 154 valence electrons. The number of nitrogens with zero attached hydrogens (tertiary/aromatic N) is 2. The van der Waals surface area contributed by atoms with Crippen molar-refractivity contribution in [3.63, 3.8) is 0 Å². The van der Waals surface area contributed by atoms with Crippen molar-refractivity contribution in [2.45, 2.75) is 25.0 Å². The predicted octanol–water partition coefficient (Wildman–Crippen LogP) is 3.48. The van der Waals surface area contributed by atoms with Gasteiger partial charge < -0.3 is 19.1 Å². The van der Waals surface area contributed by atoms with Gasteiger partial charge in [0.05, 0.1) is 6.61 Å². The maximum absolute atomic E-state index is 13.3. The number of hydrogen-bond donors (Lipinski definition) is 1. The number of aliphatic hydroxyl groups is 1. The topological polar surface area (TPSA) is 68.0 Å². The van der Waals surface area contributed by atoms with E-state index in [1.165, 1.54) is 12.1 Å². The van der Waals surface area contributed by atoms with Crippen LogP contribution in [0.3, 0.4) is 0 Å². The molecule has 3 aromatic rings. The van der Waals surface area contributed by atoms with E-state index in [-0.39, 0.29) is 12.4 Å². The Morgan fingerprint density at radius 3 is 2.90 bits per heavy atom. The van der Waals surface area contributed by atoms with Crippen LogP contribution in [-0.2, 0) is 4.74 Å². The average Bonchev–Trinajstić information content (AvgIpc) is 3.34. The van der Waals surface area contributed by atoms with Crippen LogP contribution < -0.4 is 4.74 Å². The number of benzene rings is 2. The maximum Gasteiger partial charge on any atom is 0.170 e. The summed E-state index contributed by atoms with van der Waals surface area (Å²) in [4.78, 5) is 2.26. The number of aromatic nitrogens is 1. The lowest BCUT2D eigenvalue weighted by Crippen LogP contribution is -2.40. The molecule has 0 spiro atoms. The van der Waals surface area contributed by atoms with Crippen molar-refractivity contribution in [2.75, 3.05) is 33.4 Å². The van der Waals surface area contributed by atoms with Crippen molar-refractivity contribution in [2.24, 2.45) is 0 Å². The van der Waals surface area contributed by atoms with E-state index in [9.17, 15) is 9.50 Å². The van der Waals surface area contributed by atoms with E-state index in [0.29, 0.717) is 36.2 Å². The van der Waals surface area contributed by atoms with E-state index in [2.05, 4.69) is 10.1 Å². The molecule has 2 heterocycles. The number of likely N-dealkylation sites (tertiary alicyclic amines) is 1. The smallest absolute Gasteiger partial charge is 0.170 e. The summed E-state index contributed by atoms with van der Waals surface area (Å²) in [7, 11) is 1.71. The number of ether oxygens (including phenoxy) is 2. The average molecular weight is 400 g/mol. The van der Waals surface area contributed by atoms with Gasteiger partial charge >= 0.3 is 0 Å². The number of hydrogen-bond acceptors (Lipinski definition) is 6. The van der Waals surface area contributed by atoms with E-state index in [0.717, 1.165) is 30.3 Å². The Balaban J connectivity index is 1.34. The Hall–Kier alpha value is -2.48. The fourth-order valence-electron chi connectivity index (χ4n) is 3.86. The highest BCUT2D eigenvalue weighted by atomic mass is 19.1. The zero-order chi connectivity index (χ0) is 20.2. The molecule has 2 aromatic carbocycles. The molecule has 1 N–H and O–H groups in total. The van der Waals surface area contributed by atoms with Gasteiger partial charge in [-0.25, -0.2) is 4.39 Å². The minimum atomic E-state index is -0.568. The molecule has 0 radical (unpaired) electrons. The molecule has 1 aliphatic rings. The largest absolute Gasteiger partial charge is 0.491 e. The van der Waals surface area contributed by atoms with Crippen molar-refractivity contribution < 1.29 is 23.5 Å². The summed E-state index contributed by atoms with van der Waals surface area (Å²) in [5.41, 5.74) is 1.92. The third-order valence-electron chi connectivity index (χ3n) is 5.31. The summed E-state index contributed by atoms with van der Waals surface area (Å²) < 4.78 is 29.5. The van der Waals surface area contributed by atoms with Crippen molar-refractivity contribution >= 4 is 11.0 Å². The molecule has 2 atom stereocenters. The lowest BCUT2D eigenvalue weighted by molar-refractivity contribution is 0.0459. The molecule has 0 unspecified atom stereocenters. The highest BCUT2D eigenvalue weighted by molar-refractivity contribution is 5.91. The summed E-state index contributed by atoms with van der Waals surface area (Å²) in [6, 6.07) is 12.1. The molecule has 0 bridgehead atoms. The van der Waals surface area contributed by atoms with Crippen LogP contribution in [-0.4, -0.2) is 60.7 Å². The molecule has 1 fully saturated rings. The van der Waals surface area contributed by atoms with E-state index in [1.807, 2.05) is 24.3 Å². The van der Waals surface area contributed by atoms with E-state index in [1.54, 1.807) is 13.2 Å². The van der Waals surface area contributed by atoms with Gasteiger partial charge in [0.15, 0.2) is 5.58 Å². The third-order valence-corrected chi connectivity index (χ3v) is 5.31.